The molecule has 1 saturated carbocycles. The number of rotatable bonds is 15. The number of nitrogens with zero attached hydrogens (tertiary/aromatic N) is 2. The van der Waals surface area contributed by atoms with Crippen molar-refractivity contribution in [2.45, 2.75) is 70.4 Å². The molecule has 1 aliphatic rings. The van der Waals surface area contributed by atoms with E-state index in [1.165, 1.54) is 4.90 Å². The zero-order chi connectivity index (χ0) is 31.2. The van der Waals surface area contributed by atoms with Gasteiger partial charge in [0.15, 0.2) is 5.96 Å². The maximum Gasteiger partial charge on any atom is 0.328 e. The van der Waals surface area contributed by atoms with E-state index in [2.05, 4.69) is 15.6 Å². The molecule has 1 aromatic rings. The van der Waals surface area contributed by atoms with E-state index in [9.17, 15) is 19.2 Å². The summed E-state index contributed by atoms with van der Waals surface area (Å²) in [6, 6.07) is 4.87. The van der Waals surface area contributed by atoms with Gasteiger partial charge in [-0.2, -0.15) is 0 Å². The van der Waals surface area contributed by atoms with Crippen molar-refractivity contribution in [2.24, 2.45) is 34.0 Å². The van der Waals surface area contributed by atoms with E-state index in [1.54, 1.807) is 45.3 Å². The van der Waals surface area contributed by atoms with Crippen LogP contribution in [0.2, 0.25) is 0 Å². The Hall–Kier alpha value is -4.16. The Kier molecular flexibility index (Phi) is 13.7. The number of carbonyl (C=O) groups is 4. The lowest BCUT2D eigenvalue weighted by molar-refractivity contribution is -0.148. The van der Waals surface area contributed by atoms with Crippen molar-refractivity contribution in [3.8, 4) is 0 Å². The van der Waals surface area contributed by atoms with Crippen molar-refractivity contribution < 1.29 is 23.9 Å². The fourth-order valence-corrected chi connectivity index (χ4v) is 5.04. The molecule has 1 unspecified atom stereocenters. The summed E-state index contributed by atoms with van der Waals surface area (Å²) in [6.45, 7) is 2.10. The molecular weight excluding hydrogens is 540 g/mol. The highest BCUT2D eigenvalue weighted by Crippen LogP contribution is 2.27. The molecule has 0 bridgehead atoms. The number of carbonyl (C=O) groups excluding carboxylic acids is 4. The number of esters is 1. The summed E-state index contributed by atoms with van der Waals surface area (Å²) in [4.78, 5) is 58.5. The standard InChI is InChI=1S/C29H46N8O5/c1-4-42-28(41)22(11-8-16-34-29(32)33)35-26(39)23(19-9-6-5-7-10-19)36-25(38)21(27(40)37(2)3)17-18-12-14-20(15-13-18)24(30)31/h12-15,19,21-23H,4-11,16-17H2,1-3H3,(H3,30,31)(H,35,39)(H,36,38)(H4,32,33,34)/t21?,22-,23-/m0/s1. The van der Waals surface area contributed by atoms with Crippen molar-refractivity contribution in [2.75, 3.05) is 27.2 Å². The zero-order valence-electron chi connectivity index (χ0n) is 24.9. The summed E-state index contributed by atoms with van der Waals surface area (Å²) in [5, 5.41) is 13.2. The highest BCUT2D eigenvalue weighted by Gasteiger charge is 2.37. The summed E-state index contributed by atoms with van der Waals surface area (Å²) in [5.74, 6) is -3.47. The highest BCUT2D eigenvalue weighted by molar-refractivity contribution is 6.02. The molecule has 2 rings (SSSR count). The monoisotopic (exact) mass is 586 g/mol. The summed E-state index contributed by atoms with van der Waals surface area (Å²) >= 11 is 0. The fraction of sp³-hybridized carbons (Fsp3) is 0.586. The summed E-state index contributed by atoms with van der Waals surface area (Å²) < 4.78 is 5.18. The molecule has 0 spiro atoms. The Bertz CT molecular complexity index is 1110. The first-order valence-electron chi connectivity index (χ1n) is 14.4. The third-order valence-corrected chi connectivity index (χ3v) is 7.29. The van der Waals surface area contributed by atoms with E-state index < -0.39 is 41.7 Å². The second kappa shape index (κ2) is 16.9. The van der Waals surface area contributed by atoms with E-state index in [-0.39, 0.29) is 43.7 Å². The number of ether oxygens (including phenoxy) is 1. The number of benzene rings is 1. The van der Waals surface area contributed by atoms with E-state index in [1.807, 2.05) is 0 Å². The van der Waals surface area contributed by atoms with Gasteiger partial charge in [-0.1, -0.05) is 43.5 Å². The SMILES string of the molecule is CCOC(=O)[C@H](CCCN=C(N)N)NC(=O)[C@@H](NC(=O)C(Cc1ccc(C(=N)N)cc1)C(=O)N(C)C)C1CCCCC1. The van der Waals surface area contributed by atoms with Gasteiger partial charge in [-0.05, 0) is 50.5 Å². The van der Waals surface area contributed by atoms with Crippen LogP contribution in [-0.2, 0) is 30.3 Å². The van der Waals surface area contributed by atoms with Crippen molar-refractivity contribution >= 4 is 35.5 Å². The molecule has 9 N–H and O–H groups in total. The number of hydrogen-bond donors (Lipinski definition) is 6. The lowest BCUT2D eigenvalue weighted by atomic mass is 9.83. The molecule has 13 nitrogen and oxygen atoms in total. The average Bonchev–Trinajstić information content (AvgIpc) is 2.96. The number of hydrogen-bond acceptors (Lipinski definition) is 7. The van der Waals surface area contributed by atoms with Gasteiger partial charge in [-0.15, -0.1) is 0 Å². The molecule has 232 valence electrons. The van der Waals surface area contributed by atoms with Crippen LogP contribution in [0, 0.1) is 17.2 Å². The van der Waals surface area contributed by atoms with Gasteiger partial charge in [0, 0.05) is 26.2 Å². The van der Waals surface area contributed by atoms with Crippen LogP contribution >= 0.6 is 0 Å². The van der Waals surface area contributed by atoms with Crippen LogP contribution in [-0.4, -0.2) is 79.7 Å². The molecule has 0 aliphatic heterocycles. The van der Waals surface area contributed by atoms with Gasteiger partial charge in [0.2, 0.25) is 17.7 Å². The first kappa shape index (κ1) is 34.0. The maximum absolute atomic E-state index is 13.7. The average molecular weight is 587 g/mol. The highest BCUT2D eigenvalue weighted by atomic mass is 16.5. The molecule has 0 radical (unpaired) electrons. The van der Waals surface area contributed by atoms with E-state index in [0.29, 0.717) is 17.5 Å². The summed E-state index contributed by atoms with van der Waals surface area (Å²) in [6.07, 6.45) is 5.06. The lowest BCUT2D eigenvalue weighted by Crippen LogP contribution is -2.57. The van der Waals surface area contributed by atoms with Crippen molar-refractivity contribution in [3.05, 3.63) is 35.4 Å². The van der Waals surface area contributed by atoms with Crippen LogP contribution in [0.3, 0.4) is 0 Å². The number of amidine groups is 1. The number of nitrogens with one attached hydrogen (secondary N) is 3. The van der Waals surface area contributed by atoms with Gasteiger partial charge in [-0.3, -0.25) is 24.8 Å². The normalized spacial score (nSPS) is 15.4. The van der Waals surface area contributed by atoms with Crippen LogP contribution in [0.5, 0.6) is 0 Å². The second-order valence-corrected chi connectivity index (χ2v) is 10.7. The van der Waals surface area contributed by atoms with Gasteiger partial charge < -0.3 is 37.5 Å². The minimum atomic E-state index is -1.09. The van der Waals surface area contributed by atoms with E-state index in [0.717, 1.165) is 32.1 Å². The number of amides is 3. The molecule has 42 heavy (non-hydrogen) atoms. The molecule has 13 heteroatoms. The Labute approximate surface area is 247 Å². The zero-order valence-corrected chi connectivity index (χ0v) is 24.9. The van der Waals surface area contributed by atoms with Gasteiger partial charge in [0.05, 0.1) is 6.61 Å². The Morgan fingerprint density at radius 2 is 1.67 bits per heavy atom. The van der Waals surface area contributed by atoms with Crippen molar-refractivity contribution in [3.63, 3.8) is 0 Å². The molecule has 0 saturated heterocycles. The van der Waals surface area contributed by atoms with Crippen LogP contribution in [0.15, 0.2) is 29.3 Å². The predicted molar refractivity (Wildman–Crippen MR) is 160 cm³/mol. The Morgan fingerprint density at radius 3 is 2.21 bits per heavy atom. The number of aliphatic imine (C=N–C) groups is 1. The molecule has 3 atom stereocenters. The summed E-state index contributed by atoms with van der Waals surface area (Å²) in [7, 11) is 3.14. The molecule has 1 aliphatic carbocycles. The van der Waals surface area contributed by atoms with Crippen LogP contribution in [0.4, 0.5) is 0 Å². The first-order chi connectivity index (χ1) is 19.9. The molecule has 0 aromatic heterocycles. The minimum absolute atomic E-state index is 0.0663. The van der Waals surface area contributed by atoms with Crippen molar-refractivity contribution in [1.82, 2.24) is 15.5 Å². The minimum Gasteiger partial charge on any atom is -0.464 e. The third-order valence-electron chi connectivity index (χ3n) is 7.29. The molecule has 0 heterocycles. The molecule has 1 fully saturated rings. The lowest BCUT2D eigenvalue weighted by Gasteiger charge is -2.32. The van der Waals surface area contributed by atoms with Gasteiger partial charge in [0.25, 0.3) is 0 Å². The third kappa shape index (κ3) is 10.7. The van der Waals surface area contributed by atoms with Gasteiger partial charge >= 0.3 is 5.97 Å². The number of nitrogen functional groups attached to an aromatic ring is 1. The van der Waals surface area contributed by atoms with Crippen LogP contribution in [0.25, 0.3) is 0 Å². The predicted octanol–water partition coefficient (Wildman–Crippen LogP) is 0.384. The summed E-state index contributed by atoms with van der Waals surface area (Å²) in [5.41, 5.74) is 17.5. The maximum atomic E-state index is 13.7. The Balaban J connectivity index is 2.29. The topological polar surface area (TPSA) is 219 Å². The van der Waals surface area contributed by atoms with E-state index in [4.69, 9.17) is 27.3 Å². The van der Waals surface area contributed by atoms with Gasteiger partial charge in [-0.25, -0.2) is 4.79 Å². The fourth-order valence-electron chi connectivity index (χ4n) is 5.04. The first-order valence-corrected chi connectivity index (χ1v) is 14.4. The van der Waals surface area contributed by atoms with E-state index >= 15 is 0 Å². The van der Waals surface area contributed by atoms with Gasteiger partial charge in [0.1, 0.15) is 23.8 Å². The largest absolute Gasteiger partial charge is 0.464 e. The number of guanidine groups is 1. The molecular formula is C29H46N8O5. The molecule has 1 aromatic carbocycles. The second-order valence-electron chi connectivity index (χ2n) is 10.7. The smallest absolute Gasteiger partial charge is 0.328 e. The Morgan fingerprint density at radius 1 is 1.02 bits per heavy atom. The van der Waals surface area contributed by atoms with Crippen LogP contribution < -0.4 is 27.8 Å². The quantitative estimate of drug-likeness (QED) is 0.0553. The number of nitrogens with two attached hydrogens (primary N) is 3. The van der Waals surface area contributed by atoms with Crippen LogP contribution in [0.1, 0.15) is 63.0 Å². The van der Waals surface area contributed by atoms with Crippen molar-refractivity contribution in [1.29, 1.82) is 5.41 Å². The molecule has 3 amide bonds.